The maximum Gasteiger partial charge on any atom is 0.259 e. The Morgan fingerprint density at radius 2 is 2.07 bits per heavy atom. The van der Waals surface area contributed by atoms with Crippen molar-refractivity contribution in [3.05, 3.63) is 70.3 Å². The third kappa shape index (κ3) is 3.27. The van der Waals surface area contributed by atoms with Gasteiger partial charge in [0.05, 0.1) is 62.6 Å². The topological polar surface area (TPSA) is 88.5 Å². The number of benzene rings is 2. The fourth-order valence-corrected chi connectivity index (χ4v) is 3.74. The number of nitrogens with zero attached hydrogens (tertiary/aromatic N) is 5. The van der Waals surface area contributed by atoms with E-state index in [1.165, 1.54) is 6.07 Å². The molecule has 0 aliphatic carbocycles. The predicted octanol–water partition coefficient (Wildman–Crippen LogP) is 4.45. The molecular formula is C18H9BrFIN6O. The molecule has 1 amide bonds. The first kappa shape index (κ1) is 18.6. The van der Waals surface area contributed by atoms with Gasteiger partial charge in [0, 0.05) is 11.1 Å². The molecule has 2 aromatic carbocycles. The van der Waals surface area contributed by atoms with Crippen LogP contribution in [-0.4, -0.2) is 23.7 Å². The molecule has 0 radical (unpaired) electrons. The summed E-state index contributed by atoms with van der Waals surface area (Å²) in [4.78, 5) is 12.6. The van der Waals surface area contributed by atoms with Crippen molar-refractivity contribution in [1.29, 1.82) is 5.26 Å². The van der Waals surface area contributed by atoms with E-state index < -0.39 is 11.7 Å². The van der Waals surface area contributed by atoms with Gasteiger partial charge in [-0.25, -0.2) is 12.0 Å². The lowest BCUT2D eigenvalue weighted by atomic mass is 10.1. The van der Waals surface area contributed by atoms with Crippen molar-refractivity contribution in [2.45, 2.75) is 0 Å². The van der Waals surface area contributed by atoms with Crippen LogP contribution in [0.1, 0.15) is 15.9 Å². The molecule has 2 aromatic heterocycles. The summed E-state index contributed by atoms with van der Waals surface area (Å²) in [5.41, 5.74) is 1.94. The van der Waals surface area contributed by atoms with Crippen molar-refractivity contribution in [1.82, 2.24) is 17.8 Å². The van der Waals surface area contributed by atoms with Crippen LogP contribution >= 0.6 is 38.8 Å². The Morgan fingerprint density at radius 3 is 2.79 bits per heavy atom. The second-order valence-electron chi connectivity index (χ2n) is 5.77. The molecule has 1 N–H and O–H groups in total. The number of nitrogens with one attached hydrogen (secondary N) is 1. The summed E-state index contributed by atoms with van der Waals surface area (Å²) >= 11 is 5.17. The van der Waals surface area contributed by atoms with Crippen LogP contribution in [0.15, 0.2) is 53.4 Å². The van der Waals surface area contributed by atoms with Crippen molar-refractivity contribution >= 4 is 61.3 Å². The van der Waals surface area contributed by atoms with E-state index in [1.54, 1.807) is 44.4 Å². The number of carbonyl (C=O) groups is 1. The SMILES string of the molecule is N#Cc1ccc(F)c(C(=O)Nc2ccc3cnn(-c4cnn(I)c4)c3c2)c1Br. The molecule has 10 heteroatoms. The summed E-state index contributed by atoms with van der Waals surface area (Å²) in [6, 6.07) is 9.57. The van der Waals surface area contributed by atoms with Crippen LogP contribution < -0.4 is 5.32 Å². The van der Waals surface area contributed by atoms with Crippen LogP contribution in [0.2, 0.25) is 0 Å². The lowest BCUT2D eigenvalue weighted by Gasteiger charge is -2.09. The zero-order chi connectivity index (χ0) is 19.8. The predicted molar refractivity (Wildman–Crippen MR) is 113 cm³/mol. The first-order chi connectivity index (χ1) is 13.5. The molecule has 0 unspecified atom stereocenters. The van der Waals surface area contributed by atoms with Crippen LogP contribution in [0.4, 0.5) is 10.1 Å². The average Bonchev–Trinajstić information content (AvgIpc) is 3.27. The Hall–Kier alpha value is -2.78. The standard InChI is InChI=1S/C18H9BrFIN6O/c19-17-10(6-22)2-4-14(20)16(17)18(28)25-12-3-1-11-7-24-27(15(11)5-12)13-8-23-26(21)9-13/h1-5,7-9H,(H,25,28). The summed E-state index contributed by atoms with van der Waals surface area (Å²) in [6.07, 6.45) is 5.18. The van der Waals surface area contributed by atoms with Gasteiger partial charge in [-0.15, -0.1) is 0 Å². The van der Waals surface area contributed by atoms with E-state index in [0.717, 1.165) is 22.7 Å². The fraction of sp³-hybridized carbons (Fsp3) is 0. The minimum Gasteiger partial charge on any atom is -0.322 e. The highest BCUT2D eigenvalue weighted by molar-refractivity contribution is 14.1. The van der Waals surface area contributed by atoms with Crippen molar-refractivity contribution in [2.75, 3.05) is 5.32 Å². The number of anilines is 1. The van der Waals surface area contributed by atoms with Gasteiger partial charge < -0.3 is 5.32 Å². The van der Waals surface area contributed by atoms with Gasteiger partial charge in [0.2, 0.25) is 0 Å². The van der Waals surface area contributed by atoms with Gasteiger partial charge in [0.15, 0.2) is 0 Å². The largest absolute Gasteiger partial charge is 0.322 e. The van der Waals surface area contributed by atoms with E-state index in [4.69, 9.17) is 5.26 Å². The average molecular weight is 551 g/mol. The lowest BCUT2D eigenvalue weighted by molar-refractivity contribution is 0.102. The van der Waals surface area contributed by atoms with Crippen molar-refractivity contribution in [3.8, 4) is 11.8 Å². The second kappa shape index (κ2) is 7.33. The Balaban J connectivity index is 1.71. The van der Waals surface area contributed by atoms with Gasteiger partial charge in [-0.05, 0) is 46.3 Å². The highest BCUT2D eigenvalue weighted by Crippen LogP contribution is 2.27. The van der Waals surface area contributed by atoms with Gasteiger partial charge in [-0.2, -0.15) is 15.5 Å². The fourth-order valence-electron chi connectivity index (χ4n) is 2.74. The maximum absolute atomic E-state index is 14.2. The lowest BCUT2D eigenvalue weighted by Crippen LogP contribution is -2.15. The molecule has 0 saturated carbocycles. The molecule has 7 nitrogen and oxygen atoms in total. The monoisotopic (exact) mass is 550 g/mol. The summed E-state index contributed by atoms with van der Waals surface area (Å²) in [7, 11) is 0. The van der Waals surface area contributed by atoms with Gasteiger partial charge in [0.25, 0.3) is 5.91 Å². The van der Waals surface area contributed by atoms with Crippen molar-refractivity contribution in [2.24, 2.45) is 0 Å². The number of hydrogen-bond donors (Lipinski definition) is 1. The van der Waals surface area contributed by atoms with Crippen LogP contribution in [0.5, 0.6) is 0 Å². The molecule has 0 aliphatic heterocycles. The third-order valence-corrected chi connectivity index (χ3v) is 5.40. The number of carbonyl (C=O) groups excluding carboxylic acids is 1. The summed E-state index contributed by atoms with van der Waals surface area (Å²) < 4.78 is 17.6. The number of aromatic nitrogens is 4. The summed E-state index contributed by atoms with van der Waals surface area (Å²) in [6.45, 7) is 0. The van der Waals surface area contributed by atoms with Crippen LogP contribution in [0.25, 0.3) is 16.6 Å². The molecule has 0 saturated heterocycles. The van der Waals surface area contributed by atoms with Gasteiger partial charge in [-0.3, -0.25) is 4.79 Å². The summed E-state index contributed by atoms with van der Waals surface area (Å²) in [5, 5.41) is 21.1. The van der Waals surface area contributed by atoms with Crippen molar-refractivity contribution in [3.63, 3.8) is 0 Å². The zero-order valence-electron chi connectivity index (χ0n) is 13.9. The molecule has 4 rings (SSSR count). The van der Waals surface area contributed by atoms with Gasteiger partial charge in [-0.1, -0.05) is 0 Å². The van der Waals surface area contributed by atoms with Crippen LogP contribution in [-0.2, 0) is 0 Å². The van der Waals surface area contributed by atoms with Gasteiger partial charge >= 0.3 is 0 Å². The Bertz CT molecular complexity index is 1280. The first-order valence-electron chi connectivity index (χ1n) is 7.86. The van der Waals surface area contributed by atoms with Crippen LogP contribution in [0, 0.1) is 17.1 Å². The molecule has 0 bridgehead atoms. The Labute approximate surface area is 180 Å². The molecule has 0 fully saturated rings. The zero-order valence-corrected chi connectivity index (χ0v) is 17.6. The molecule has 0 spiro atoms. The van der Waals surface area contributed by atoms with E-state index >= 15 is 0 Å². The van der Waals surface area contributed by atoms with E-state index in [1.807, 2.05) is 28.9 Å². The molecular weight excluding hydrogens is 542 g/mol. The second-order valence-corrected chi connectivity index (χ2v) is 7.55. The molecule has 138 valence electrons. The molecule has 4 aromatic rings. The number of rotatable bonds is 3. The van der Waals surface area contributed by atoms with Crippen LogP contribution in [0.3, 0.4) is 0 Å². The van der Waals surface area contributed by atoms with E-state index in [9.17, 15) is 9.18 Å². The third-order valence-electron chi connectivity index (χ3n) is 4.05. The Morgan fingerprint density at radius 1 is 1.25 bits per heavy atom. The quantitative estimate of drug-likeness (QED) is 0.382. The number of halogens is 3. The normalized spacial score (nSPS) is 10.8. The van der Waals surface area contributed by atoms with Crippen molar-refractivity contribution < 1.29 is 9.18 Å². The highest BCUT2D eigenvalue weighted by Gasteiger charge is 2.19. The van der Waals surface area contributed by atoms with E-state index in [-0.39, 0.29) is 15.6 Å². The van der Waals surface area contributed by atoms with E-state index in [0.29, 0.717) is 5.69 Å². The number of amides is 1. The number of fused-ring (bicyclic) bond motifs is 1. The highest BCUT2D eigenvalue weighted by atomic mass is 127. The van der Waals surface area contributed by atoms with E-state index in [2.05, 4.69) is 31.4 Å². The molecule has 0 atom stereocenters. The molecule has 2 heterocycles. The minimum absolute atomic E-state index is 0.119. The molecule has 28 heavy (non-hydrogen) atoms. The Kier molecular flexibility index (Phi) is 4.86. The number of hydrogen-bond acceptors (Lipinski definition) is 4. The first-order valence-corrected chi connectivity index (χ1v) is 9.62. The maximum atomic E-state index is 14.2. The minimum atomic E-state index is -0.719. The summed E-state index contributed by atoms with van der Waals surface area (Å²) in [5.74, 6) is -1.38. The smallest absolute Gasteiger partial charge is 0.259 e. The van der Waals surface area contributed by atoms with Gasteiger partial charge in [0.1, 0.15) is 17.6 Å². The number of nitriles is 1. The molecule has 0 aliphatic rings.